The highest BCUT2D eigenvalue weighted by molar-refractivity contribution is 5.84. The predicted molar refractivity (Wildman–Crippen MR) is 101 cm³/mol. The van der Waals surface area contributed by atoms with E-state index in [0.29, 0.717) is 6.42 Å². The van der Waals surface area contributed by atoms with E-state index in [-0.39, 0.29) is 11.7 Å². The van der Waals surface area contributed by atoms with Crippen molar-refractivity contribution in [1.82, 2.24) is 0 Å². The standard InChI is InChI=1S/C21H42O2/c1-4-6-7-8-9-10-11-12-13-14-15-16-18-19(3)21(23)20(22)17-5-2/h19-20,22H,4-18H2,1-3H3. The number of unbranched alkanes of at least 4 members (excludes halogenated alkanes) is 11. The summed E-state index contributed by atoms with van der Waals surface area (Å²) in [6.45, 7) is 6.25. The summed E-state index contributed by atoms with van der Waals surface area (Å²) in [6, 6.07) is 0. The fraction of sp³-hybridized carbons (Fsp3) is 0.952. The molecule has 0 amide bonds. The Morgan fingerprint density at radius 1 is 0.696 bits per heavy atom. The summed E-state index contributed by atoms with van der Waals surface area (Å²) in [6.07, 6.45) is 17.9. The molecule has 138 valence electrons. The van der Waals surface area contributed by atoms with Gasteiger partial charge in [-0.25, -0.2) is 0 Å². The van der Waals surface area contributed by atoms with E-state index in [1.807, 2.05) is 13.8 Å². The number of carbonyl (C=O) groups is 1. The van der Waals surface area contributed by atoms with Gasteiger partial charge in [0.1, 0.15) is 6.10 Å². The van der Waals surface area contributed by atoms with Crippen LogP contribution in [-0.4, -0.2) is 17.0 Å². The van der Waals surface area contributed by atoms with Crippen LogP contribution in [0.3, 0.4) is 0 Å². The van der Waals surface area contributed by atoms with Gasteiger partial charge in [-0.3, -0.25) is 4.79 Å². The molecule has 0 rings (SSSR count). The van der Waals surface area contributed by atoms with Crippen LogP contribution >= 0.6 is 0 Å². The molecule has 23 heavy (non-hydrogen) atoms. The fourth-order valence-electron chi connectivity index (χ4n) is 3.18. The van der Waals surface area contributed by atoms with Crippen molar-refractivity contribution >= 4 is 5.78 Å². The van der Waals surface area contributed by atoms with E-state index < -0.39 is 6.10 Å². The number of aliphatic hydroxyl groups excluding tert-OH is 1. The van der Waals surface area contributed by atoms with Gasteiger partial charge in [-0.05, 0) is 12.8 Å². The lowest BCUT2D eigenvalue weighted by Crippen LogP contribution is -2.26. The molecule has 1 N–H and O–H groups in total. The number of hydrogen-bond acceptors (Lipinski definition) is 2. The van der Waals surface area contributed by atoms with E-state index in [4.69, 9.17) is 0 Å². The van der Waals surface area contributed by atoms with Gasteiger partial charge in [-0.1, -0.05) is 104 Å². The normalized spacial score (nSPS) is 13.9. The molecule has 0 aromatic heterocycles. The molecule has 0 saturated heterocycles. The molecule has 0 aliphatic carbocycles. The Morgan fingerprint density at radius 2 is 1.13 bits per heavy atom. The second kappa shape index (κ2) is 16.5. The molecule has 0 spiro atoms. The first-order chi connectivity index (χ1) is 11.1. The van der Waals surface area contributed by atoms with Crippen LogP contribution in [0.2, 0.25) is 0 Å². The molecule has 0 aromatic rings. The first kappa shape index (κ1) is 22.6. The summed E-state index contributed by atoms with van der Waals surface area (Å²) in [5.74, 6) is 0.0783. The van der Waals surface area contributed by atoms with Crippen LogP contribution in [0, 0.1) is 5.92 Å². The molecule has 0 heterocycles. The zero-order valence-electron chi connectivity index (χ0n) is 16.1. The van der Waals surface area contributed by atoms with Crippen molar-refractivity contribution in [2.75, 3.05) is 0 Å². The highest BCUT2D eigenvalue weighted by Crippen LogP contribution is 2.16. The number of hydrogen-bond donors (Lipinski definition) is 1. The van der Waals surface area contributed by atoms with Gasteiger partial charge in [-0.15, -0.1) is 0 Å². The van der Waals surface area contributed by atoms with Gasteiger partial charge in [0.05, 0.1) is 0 Å². The highest BCUT2D eigenvalue weighted by atomic mass is 16.3. The maximum Gasteiger partial charge on any atom is 0.164 e. The van der Waals surface area contributed by atoms with Crippen molar-refractivity contribution in [3.05, 3.63) is 0 Å². The Labute approximate surface area is 145 Å². The van der Waals surface area contributed by atoms with Crippen LogP contribution in [0.4, 0.5) is 0 Å². The summed E-state index contributed by atoms with van der Waals surface area (Å²) >= 11 is 0. The molecule has 2 nitrogen and oxygen atoms in total. The first-order valence-electron chi connectivity index (χ1n) is 10.3. The lowest BCUT2D eigenvalue weighted by Gasteiger charge is -2.14. The lowest BCUT2D eigenvalue weighted by atomic mass is 9.93. The third-order valence-corrected chi connectivity index (χ3v) is 4.87. The number of aliphatic hydroxyl groups is 1. The van der Waals surface area contributed by atoms with Gasteiger partial charge in [0.2, 0.25) is 0 Å². The Morgan fingerprint density at radius 3 is 1.57 bits per heavy atom. The molecule has 2 unspecified atom stereocenters. The second-order valence-corrected chi connectivity index (χ2v) is 7.29. The van der Waals surface area contributed by atoms with Crippen molar-refractivity contribution in [2.24, 2.45) is 5.92 Å². The van der Waals surface area contributed by atoms with Gasteiger partial charge in [0, 0.05) is 5.92 Å². The summed E-state index contributed by atoms with van der Waals surface area (Å²) < 4.78 is 0. The van der Waals surface area contributed by atoms with E-state index in [2.05, 4.69) is 6.92 Å². The van der Waals surface area contributed by atoms with Gasteiger partial charge >= 0.3 is 0 Å². The Kier molecular flexibility index (Phi) is 16.2. The monoisotopic (exact) mass is 326 g/mol. The number of Topliss-reactive ketones (excluding diaryl/α,β-unsaturated/α-hetero) is 1. The van der Waals surface area contributed by atoms with Gasteiger partial charge in [0.15, 0.2) is 5.78 Å². The Bertz CT molecular complexity index is 263. The average Bonchev–Trinajstić information content (AvgIpc) is 2.55. The Hall–Kier alpha value is -0.370. The second-order valence-electron chi connectivity index (χ2n) is 7.29. The molecule has 2 atom stereocenters. The average molecular weight is 327 g/mol. The van der Waals surface area contributed by atoms with Crippen LogP contribution in [0.5, 0.6) is 0 Å². The summed E-state index contributed by atoms with van der Waals surface area (Å²) in [5, 5.41) is 9.73. The largest absolute Gasteiger partial charge is 0.385 e. The van der Waals surface area contributed by atoms with E-state index in [1.165, 1.54) is 70.6 Å². The summed E-state index contributed by atoms with van der Waals surface area (Å²) in [4.78, 5) is 11.9. The highest BCUT2D eigenvalue weighted by Gasteiger charge is 2.20. The van der Waals surface area contributed by atoms with Gasteiger partial charge in [0.25, 0.3) is 0 Å². The van der Waals surface area contributed by atoms with Crippen LogP contribution < -0.4 is 0 Å². The number of rotatable bonds is 17. The zero-order valence-corrected chi connectivity index (χ0v) is 16.1. The maximum absolute atomic E-state index is 11.9. The minimum absolute atomic E-state index is 0.0275. The number of ketones is 1. The molecule has 0 bridgehead atoms. The quantitative estimate of drug-likeness (QED) is 0.312. The molecule has 0 aliphatic rings. The zero-order chi connectivity index (χ0) is 17.3. The van der Waals surface area contributed by atoms with Crippen LogP contribution in [0.15, 0.2) is 0 Å². The van der Waals surface area contributed by atoms with E-state index >= 15 is 0 Å². The van der Waals surface area contributed by atoms with Gasteiger partial charge < -0.3 is 5.11 Å². The minimum atomic E-state index is -0.729. The number of carbonyl (C=O) groups excluding carboxylic acids is 1. The van der Waals surface area contributed by atoms with Gasteiger partial charge in [-0.2, -0.15) is 0 Å². The van der Waals surface area contributed by atoms with Crippen molar-refractivity contribution in [3.8, 4) is 0 Å². The van der Waals surface area contributed by atoms with E-state index in [0.717, 1.165) is 19.3 Å². The molecule has 0 aliphatic heterocycles. The van der Waals surface area contributed by atoms with Crippen LogP contribution in [0.25, 0.3) is 0 Å². The first-order valence-corrected chi connectivity index (χ1v) is 10.3. The molecule has 2 heteroatoms. The van der Waals surface area contributed by atoms with Crippen molar-refractivity contribution in [3.63, 3.8) is 0 Å². The summed E-state index contributed by atoms with van der Waals surface area (Å²) in [5.41, 5.74) is 0. The summed E-state index contributed by atoms with van der Waals surface area (Å²) in [7, 11) is 0. The molecular formula is C21H42O2. The van der Waals surface area contributed by atoms with E-state index in [1.54, 1.807) is 0 Å². The molecular weight excluding hydrogens is 284 g/mol. The molecule has 0 fully saturated rings. The minimum Gasteiger partial charge on any atom is -0.385 e. The van der Waals surface area contributed by atoms with Crippen molar-refractivity contribution in [1.29, 1.82) is 0 Å². The SMILES string of the molecule is CCCCCCCCCCCCCCC(C)C(=O)C(O)CCC. The van der Waals surface area contributed by atoms with Crippen LogP contribution in [-0.2, 0) is 4.79 Å². The smallest absolute Gasteiger partial charge is 0.164 e. The Balaban J connectivity index is 3.34. The fourth-order valence-corrected chi connectivity index (χ4v) is 3.18. The van der Waals surface area contributed by atoms with Crippen molar-refractivity contribution < 1.29 is 9.90 Å². The van der Waals surface area contributed by atoms with Crippen LogP contribution in [0.1, 0.15) is 117 Å². The van der Waals surface area contributed by atoms with Crippen molar-refractivity contribution in [2.45, 2.75) is 123 Å². The molecule has 0 saturated carbocycles. The predicted octanol–water partition coefficient (Wildman–Crippen LogP) is 6.44. The lowest BCUT2D eigenvalue weighted by molar-refractivity contribution is -0.131. The molecule has 0 aromatic carbocycles. The molecule has 0 radical (unpaired) electrons. The van der Waals surface area contributed by atoms with E-state index in [9.17, 15) is 9.90 Å². The topological polar surface area (TPSA) is 37.3 Å². The maximum atomic E-state index is 11.9. The third kappa shape index (κ3) is 13.7. The third-order valence-electron chi connectivity index (χ3n) is 4.87.